The molecule has 0 aromatic heterocycles. The van der Waals surface area contributed by atoms with Crippen LogP contribution in [-0.4, -0.2) is 32.2 Å². The maximum atomic E-state index is 13.6. The number of rotatable bonds is 4. The molecule has 3 rings (SSSR count). The zero-order valence-electron chi connectivity index (χ0n) is 13.1. The third kappa shape index (κ3) is 4.08. The molecule has 1 aliphatic rings. The van der Waals surface area contributed by atoms with Crippen molar-refractivity contribution in [2.75, 3.05) is 36.5 Å². The molecular weight excluding hydrogens is 314 g/mol. The lowest BCUT2D eigenvalue weighted by atomic mass is 10.1. The van der Waals surface area contributed by atoms with E-state index in [-0.39, 0.29) is 18.1 Å². The molecule has 0 radical (unpaired) electrons. The molecule has 4 nitrogen and oxygen atoms in total. The molecule has 1 fully saturated rings. The van der Waals surface area contributed by atoms with Gasteiger partial charge < -0.3 is 15.0 Å². The summed E-state index contributed by atoms with van der Waals surface area (Å²) >= 11 is 0. The van der Waals surface area contributed by atoms with Gasteiger partial charge in [-0.15, -0.1) is 0 Å². The monoisotopic (exact) mass is 332 g/mol. The summed E-state index contributed by atoms with van der Waals surface area (Å²) in [4.78, 5) is 14.3. The molecule has 6 heteroatoms. The van der Waals surface area contributed by atoms with Crippen molar-refractivity contribution in [3.63, 3.8) is 0 Å². The molecule has 0 unspecified atom stereocenters. The molecule has 0 atom stereocenters. The maximum Gasteiger partial charge on any atom is 0.228 e. The van der Waals surface area contributed by atoms with Gasteiger partial charge in [-0.1, -0.05) is 12.1 Å². The minimum absolute atomic E-state index is 0.0246. The summed E-state index contributed by atoms with van der Waals surface area (Å²) in [6, 6.07) is 10.2. The number of hydrogen-bond donors (Lipinski definition) is 1. The van der Waals surface area contributed by atoms with Gasteiger partial charge in [0.2, 0.25) is 5.91 Å². The van der Waals surface area contributed by atoms with Gasteiger partial charge in [-0.3, -0.25) is 4.79 Å². The van der Waals surface area contributed by atoms with Crippen LogP contribution >= 0.6 is 0 Å². The van der Waals surface area contributed by atoms with Crippen molar-refractivity contribution in [2.45, 2.75) is 6.42 Å². The zero-order valence-corrected chi connectivity index (χ0v) is 13.1. The van der Waals surface area contributed by atoms with Crippen molar-refractivity contribution >= 4 is 17.3 Å². The first-order valence-corrected chi connectivity index (χ1v) is 7.78. The minimum Gasteiger partial charge on any atom is -0.378 e. The molecule has 1 saturated heterocycles. The molecule has 0 bridgehead atoms. The summed E-state index contributed by atoms with van der Waals surface area (Å²) in [5.74, 6) is -1.13. The number of nitrogens with zero attached hydrogens (tertiary/aromatic N) is 1. The van der Waals surface area contributed by atoms with Crippen molar-refractivity contribution in [2.24, 2.45) is 0 Å². The number of anilines is 2. The molecule has 126 valence electrons. The number of carbonyl (C=O) groups excluding carboxylic acids is 1. The Balaban J connectivity index is 1.75. The first-order chi connectivity index (χ1) is 11.6. The van der Waals surface area contributed by atoms with Gasteiger partial charge in [0, 0.05) is 13.1 Å². The van der Waals surface area contributed by atoms with Crippen LogP contribution in [0.4, 0.5) is 20.2 Å². The van der Waals surface area contributed by atoms with Gasteiger partial charge in [0.25, 0.3) is 0 Å². The molecule has 0 spiro atoms. The van der Waals surface area contributed by atoms with Crippen LogP contribution in [0.25, 0.3) is 0 Å². The van der Waals surface area contributed by atoms with E-state index in [2.05, 4.69) is 5.32 Å². The first kappa shape index (κ1) is 16.4. The normalized spacial score (nSPS) is 14.5. The average Bonchev–Trinajstić information content (AvgIpc) is 2.55. The Morgan fingerprint density at radius 2 is 1.83 bits per heavy atom. The molecule has 24 heavy (non-hydrogen) atoms. The van der Waals surface area contributed by atoms with Crippen LogP contribution in [-0.2, 0) is 16.0 Å². The van der Waals surface area contributed by atoms with Crippen molar-refractivity contribution in [1.29, 1.82) is 0 Å². The van der Waals surface area contributed by atoms with E-state index in [1.54, 1.807) is 18.2 Å². The Hall–Kier alpha value is -2.47. The van der Waals surface area contributed by atoms with Crippen molar-refractivity contribution in [3.8, 4) is 0 Å². The molecule has 1 heterocycles. The van der Waals surface area contributed by atoms with E-state index in [0.717, 1.165) is 5.69 Å². The number of halogens is 2. The Labute approximate surface area is 139 Å². The second kappa shape index (κ2) is 7.40. The lowest BCUT2D eigenvalue weighted by molar-refractivity contribution is -0.115. The van der Waals surface area contributed by atoms with Crippen molar-refractivity contribution in [1.82, 2.24) is 0 Å². The molecular formula is C18H18F2N2O2. The van der Waals surface area contributed by atoms with Crippen LogP contribution in [0.3, 0.4) is 0 Å². The fourth-order valence-corrected chi connectivity index (χ4v) is 2.72. The van der Waals surface area contributed by atoms with Gasteiger partial charge in [0.1, 0.15) is 11.6 Å². The van der Waals surface area contributed by atoms with Crippen LogP contribution in [0.5, 0.6) is 0 Å². The predicted octanol–water partition coefficient (Wildman–Crippen LogP) is 2.98. The van der Waals surface area contributed by atoms with Crippen LogP contribution in [0.2, 0.25) is 0 Å². The number of morpholine rings is 1. The van der Waals surface area contributed by atoms with E-state index in [1.807, 2.05) is 4.90 Å². The minimum atomic E-state index is -0.423. The van der Waals surface area contributed by atoms with Crippen LogP contribution < -0.4 is 10.2 Å². The van der Waals surface area contributed by atoms with E-state index in [0.29, 0.717) is 37.6 Å². The van der Waals surface area contributed by atoms with E-state index in [1.165, 1.54) is 24.3 Å². The van der Waals surface area contributed by atoms with E-state index in [9.17, 15) is 13.6 Å². The number of hydrogen-bond acceptors (Lipinski definition) is 3. The standard InChI is InChI=1S/C18H18F2N2O2/c19-14-3-1-2-13(10-14)11-18(23)21-16-12-15(20)4-5-17(16)22-6-8-24-9-7-22/h1-5,10,12H,6-9,11H2,(H,21,23). The number of ether oxygens (including phenoxy) is 1. The SMILES string of the molecule is O=C(Cc1cccc(F)c1)Nc1cc(F)ccc1N1CCOCC1. The predicted molar refractivity (Wildman–Crippen MR) is 88.2 cm³/mol. The third-order valence-electron chi connectivity index (χ3n) is 3.84. The molecule has 1 N–H and O–H groups in total. The summed E-state index contributed by atoms with van der Waals surface area (Å²) < 4.78 is 32.1. The van der Waals surface area contributed by atoms with E-state index >= 15 is 0 Å². The summed E-state index contributed by atoms with van der Waals surface area (Å²) in [7, 11) is 0. The quantitative estimate of drug-likeness (QED) is 0.936. The number of benzene rings is 2. The topological polar surface area (TPSA) is 41.6 Å². The highest BCUT2D eigenvalue weighted by Crippen LogP contribution is 2.27. The smallest absolute Gasteiger partial charge is 0.228 e. The molecule has 2 aromatic carbocycles. The highest BCUT2D eigenvalue weighted by atomic mass is 19.1. The lowest BCUT2D eigenvalue weighted by Gasteiger charge is -2.30. The maximum absolute atomic E-state index is 13.6. The van der Waals surface area contributed by atoms with Gasteiger partial charge in [0.05, 0.1) is 31.0 Å². The number of nitrogens with one attached hydrogen (secondary N) is 1. The van der Waals surface area contributed by atoms with Crippen molar-refractivity contribution < 1.29 is 18.3 Å². The molecule has 2 aromatic rings. The van der Waals surface area contributed by atoms with Crippen LogP contribution in [0.15, 0.2) is 42.5 Å². The Morgan fingerprint density at radius 3 is 2.58 bits per heavy atom. The fraction of sp³-hybridized carbons (Fsp3) is 0.278. The summed E-state index contributed by atoms with van der Waals surface area (Å²) in [6.45, 7) is 2.54. The zero-order chi connectivity index (χ0) is 16.9. The van der Waals surface area contributed by atoms with Crippen molar-refractivity contribution in [3.05, 3.63) is 59.7 Å². The molecule has 1 aliphatic heterocycles. The Morgan fingerprint density at radius 1 is 1.08 bits per heavy atom. The number of carbonyl (C=O) groups is 1. The lowest BCUT2D eigenvalue weighted by Crippen LogP contribution is -2.36. The average molecular weight is 332 g/mol. The molecule has 0 saturated carbocycles. The fourth-order valence-electron chi connectivity index (χ4n) is 2.72. The van der Waals surface area contributed by atoms with E-state index in [4.69, 9.17) is 4.74 Å². The molecule has 0 aliphatic carbocycles. The van der Waals surface area contributed by atoms with Gasteiger partial charge >= 0.3 is 0 Å². The Bertz CT molecular complexity index is 731. The number of amides is 1. The van der Waals surface area contributed by atoms with Crippen LogP contribution in [0, 0.1) is 11.6 Å². The van der Waals surface area contributed by atoms with Gasteiger partial charge in [-0.05, 0) is 35.9 Å². The summed E-state index contributed by atoms with van der Waals surface area (Å²) in [6.07, 6.45) is 0.0246. The summed E-state index contributed by atoms with van der Waals surface area (Å²) in [5, 5.41) is 2.73. The second-order valence-corrected chi connectivity index (χ2v) is 5.62. The highest BCUT2D eigenvalue weighted by molar-refractivity contribution is 5.95. The van der Waals surface area contributed by atoms with Crippen LogP contribution in [0.1, 0.15) is 5.56 Å². The van der Waals surface area contributed by atoms with Gasteiger partial charge in [-0.2, -0.15) is 0 Å². The van der Waals surface area contributed by atoms with E-state index < -0.39 is 5.82 Å². The first-order valence-electron chi connectivity index (χ1n) is 7.78. The second-order valence-electron chi connectivity index (χ2n) is 5.62. The largest absolute Gasteiger partial charge is 0.378 e. The Kier molecular flexibility index (Phi) is 5.05. The van der Waals surface area contributed by atoms with Gasteiger partial charge in [0.15, 0.2) is 0 Å². The van der Waals surface area contributed by atoms with Gasteiger partial charge in [-0.25, -0.2) is 8.78 Å². The molecule has 1 amide bonds. The third-order valence-corrected chi connectivity index (χ3v) is 3.84. The summed E-state index contributed by atoms with van der Waals surface area (Å²) in [5.41, 5.74) is 1.74. The highest BCUT2D eigenvalue weighted by Gasteiger charge is 2.17.